The summed E-state index contributed by atoms with van der Waals surface area (Å²) in [6.07, 6.45) is -2.41. The zero-order chi connectivity index (χ0) is 8.48. The van der Waals surface area contributed by atoms with Crippen molar-refractivity contribution in [2.75, 3.05) is 0 Å². The molecule has 11 heavy (non-hydrogen) atoms. The molecule has 0 aromatic rings. The smallest absolute Gasteiger partial charge is 0.267 e. The predicted octanol–water partition coefficient (Wildman–Crippen LogP) is 1.13. The summed E-state index contributed by atoms with van der Waals surface area (Å²) < 4.78 is 35.4. The molecule has 0 aromatic carbocycles. The van der Waals surface area contributed by atoms with E-state index in [1.807, 2.05) is 0 Å². The number of nitrogens with zero attached hydrogens (tertiary/aromatic N) is 1. The highest BCUT2D eigenvalue weighted by Gasteiger charge is 2.33. The van der Waals surface area contributed by atoms with Crippen molar-refractivity contribution < 1.29 is 18.0 Å². The van der Waals surface area contributed by atoms with Crippen LogP contribution in [0.2, 0.25) is 0 Å². The van der Waals surface area contributed by atoms with Gasteiger partial charge in [0.05, 0.1) is 5.57 Å². The van der Waals surface area contributed by atoms with Crippen LogP contribution in [0.1, 0.15) is 0 Å². The van der Waals surface area contributed by atoms with Gasteiger partial charge in [-0.15, -0.1) is 0 Å². The average Bonchev–Trinajstić information content (AvgIpc) is 1.86. The summed E-state index contributed by atoms with van der Waals surface area (Å²) in [6, 6.07) is 0. The molecule has 0 unspecified atom stereocenters. The summed E-state index contributed by atoms with van der Waals surface area (Å²) in [7, 11) is 0. The fourth-order valence-corrected chi connectivity index (χ4v) is 0.586. The van der Waals surface area contributed by atoms with Crippen LogP contribution >= 0.6 is 0 Å². The third kappa shape index (κ3) is 1.83. The van der Waals surface area contributed by atoms with Gasteiger partial charge in [-0.1, -0.05) is 0 Å². The Morgan fingerprint density at radius 2 is 2.00 bits per heavy atom. The van der Waals surface area contributed by atoms with Gasteiger partial charge in [-0.3, -0.25) is 4.79 Å². The quantitative estimate of drug-likeness (QED) is 0.525. The van der Waals surface area contributed by atoms with Gasteiger partial charge in [0.15, 0.2) is 0 Å². The summed E-state index contributed by atoms with van der Waals surface area (Å²) >= 11 is 0. The van der Waals surface area contributed by atoms with Crippen LogP contribution in [0, 0.1) is 0 Å². The first kappa shape index (κ1) is 7.84. The molecule has 0 N–H and O–H groups in total. The lowest BCUT2D eigenvalue weighted by molar-refractivity contribution is -0.117. The maximum Gasteiger partial charge on any atom is 0.416 e. The Morgan fingerprint density at radius 1 is 1.36 bits per heavy atom. The van der Waals surface area contributed by atoms with E-state index in [4.69, 9.17) is 0 Å². The Labute approximate surface area is 60.4 Å². The van der Waals surface area contributed by atoms with Crippen molar-refractivity contribution in [3.63, 3.8) is 0 Å². The standard InChI is InChI=1S/C6H3F3NO/c7-6(8,9)4-1-2-10-5(11)3-4/h1-3H. The number of amides is 1. The molecule has 5 heteroatoms. The third-order valence-corrected chi connectivity index (χ3v) is 1.06. The zero-order valence-electron chi connectivity index (χ0n) is 5.22. The lowest BCUT2D eigenvalue weighted by atomic mass is 10.2. The molecule has 1 radical (unpaired) electrons. The molecule has 1 amide bonds. The average molecular weight is 162 g/mol. The third-order valence-electron chi connectivity index (χ3n) is 1.06. The number of allylic oxidation sites excluding steroid dienone is 2. The van der Waals surface area contributed by atoms with E-state index in [2.05, 4.69) is 5.32 Å². The van der Waals surface area contributed by atoms with Crippen LogP contribution in [0.15, 0.2) is 23.9 Å². The van der Waals surface area contributed by atoms with E-state index in [0.29, 0.717) is 6.08 Å². The minimum absolute atomic E-state index is 0.458. The van der Waals surface area contributed by atoms with Crippen LogP contribution in [0.4, 0.5) is 13.2 Å². The maximum atomic E-state index is 11.8. The molecule has 1 heterocycles. The predicted molar refractivity (Wildman–Crippen MR) is 30.4 cm³/mol. The number of carbonyl (C=O) groups excluding carboxylic acids is 1. The Balaban J connectivity index is 2.88. The SMILES string of the molecule is O=C1C=C(C(F)(F)F)C=C[N]1. The molecule has 1 aliphatic heterocycles. The van der Waals surface area contributed by atoms with Crippen molar-refractivity contribution in [1.82, 2.24) is 5.32 Å². The molecule has 1 rings (SSSR count). The second-order valence-electron chi connectivity index (χ2n) is 1.88. The monoisotopic (exact) mass is 162 g/mol. The first-order chi connectivity index (χ1) is 5.00. The Bertz CT molecular complexity index is 239. The van der Waals surface area contributed by atoms with Crippen LogP contribution < -0.4 is 5.32 Å². The van der Waals surface area contributed by atoms with Crippen molar-refractivity contribution in [2.45, 2.75) is 6.18 Å². The van der Waals surface area contributed by atoms with E-state index < -0.39 is 17.7 Å². The lowest BCUT2D eigenvalue weighted by Gasteiger charge is -2.08. The zero-order valence-corrected chi connectivity index (χ0v) is 5.22. The highest BCUT2D eigenvalue weighted by molar-refractivity contribution is 5.90. The molecule has 0 fully saturated rings. The van der Waals surface area contributed by atoms with Crippen LogP contribution in [-0.2, 0) is 4.79 Å². The van der Waals surface area contributed by atoms with Crippen LogP contribution in [-0.4, -0.2) is 12.1 Å². The van der Waals surface area contributed by atoms with E-state index in [1.165, 1.54) is 0 Å². The molecular formula is C6H3F3NO. The molecule has 0 atom stereocenters. The van der Waals surface area contributed by atoms with Gasteiger partial charge in [-0.25, -0.2) is 5.32 Å². The van der Waals surface area contributed by atoms with Gasteiger partial charge >= 0.3 is 6.18 Å². The normalized spacial score (nSPS) is 17.7. The minimum Gasteiger partial charge on any atom is -0.267 e. The number of carbonyl (C=O) groups is 1. The van der Waals surface area contributed by atoms with Gasteiger partial charge in [0, 0.05) is 12.3 Å². The minimum atomic E-state index is -4.46. The highest BCUT2D eigenvalue weighted by Crippen LogP contribution is 2.27. The van der Waals surface area contributed by atoms with Crippen molar-refractivity contribution in [1.29, 1.82) is 0 Å². The summed E-state index contributed by atoms with van der Waals surface area (Å²) in [4.78, 5) is 10.3. The second-order valence-corrected chi connectivity index (χ2v) is 1.88. The second kappa shape index (κ2) is 2.41. The summed E-state index contributed by atoms with van der Waals surface area (Å²) in [5.41, 5.74) is -0.961. The summed E-state index contributed by atoms with van der Waals surface area (Å²) in [5, 5.41) is 3.10. The number of alkyl halides is 3. The number of hydrogen-bond donors (Lipinski definition) is 0. The van der Waals surface area contributed by atoms with Crippen molar-refractivity contribution >= 4 is 5.91 Å². The first-order valence-electron chi connectivity index (χ1n) is 2.70. The molecule has 0 spiro atoms. The number of hydrogen-bond acceptors (Lipinski definition) is 1. The molecule has 0 saturated carbocycles. The van der Waals surface area contributed by atoms with E-state index in [9.17, 15) is 18.0 Å². The van der Waals surface area contributed by atoms with Crippen LogP contribution in [0.25, 0.3) is 0 Å². The van der Waals surface area contributed by atoms with Gasteiger partial charge in [-0.05, 0) is 6.08 Å². The highest BCUT2D eigenvalue weighted by atomic mass is 19.4. The van der Waals surface area contributed by atoms with Gasteiger partial charge in [0.2, 0.25) is 0 Å². The van der Waals surface area contributed by atoms with E-state index in [1.54, 1.807) is 0 Å². The summed E-state index contributed by atoms with van der Waals surface area (Å²) in [6.45, 7) is 0. The van der Waals surface area contributed by atoms with Crippen molar-refractivity contribution in [2.24, 2.45) is 0 Å². The first-order valence-corrected chi connectivity index (χ1v) is 2.70. The van der Waals surface area contributed by atoms with Gasteiger partial charge in [0.25, 0.3) is 5.91 Å². The van der Waals surface area contributed by atoms with Crippen molar-refractivity contribution in [3.05, 3.63) is 23.9 Å². The Morgan fingerprint density at radius 3 is 2.36 bits per heavy atom. The number of rotatable bonds is 0. The molecule has 0 aliphatic carbocycles. The topological polar surface area (TPSA) is 31.2 Å². The van der Waals surface area contributed by atoms with Gasteiger partial charge < -0.3 is 0 Å². The molecule has 0 saturated heterocycles. The summed E-state index contributed by atoms with van der Waals surface area (Å²) in [5.74, 6) is -0.875. The Kier molecular flexibility index (Phi) is 1.72. The van der Waals surface area contributed by atoms with Gasteiger partial charge in [-0.2, -0.15) is 13.2 Å². The molecule has 2 nitrogen and oxygen atoms in total. The largest absolute Gasteiger partial charge is 0.416 e. The maximum absolute atomic E-state index is 11.8. The van der Waals surface area contributed by atoms with E-state index >= 15 is 0 Å². The van der Waals surface area contributed by atoms with Crippen molar-refractivity contribution in [3.8, 4) is 0 Å². The van der Waals surface area contributed by atoms with E-state index in [-0.39, 0.29) is 0 Å². The van der Waals surface area contributed by atoms with Gasteiger partial charge in [0.1, 0.15) is 0 Å². The van der Waals surface area contributed by atoms with Crippen LogP contribution in [0.3, 0.4) is 0 Å². The number of halogens is 3. The Hall–Kier alpha value is -1.26. The van der Waals surface area contributed by atoms with E-state index in [0.717, 1.165) is 12.3 Å². The fourth-order valence-electron chi connectivity index (χ4n) is 0.586. The van der Waals surface area contributed by atoms with Crippen LogP contribution in [0.5, 0.6) is 0 Å². The molecule has 1 aliphatic rings. The lowest BCUT2D eigenvalue weighted by Crippen LogP contribution is -2.18. The fraction of sp³-hybridized carbons (Fsp3) is 0.167. The molecular weight excluding hydrogens is 159 g/mol. The molecule has 59 valence electrons. The molecule has 0 aromatic heterocycles. The molecule has 0 bridgehead atoms.